The molecule has 1 saturated carbocycles. The highest BCUT2D eigenvalue weighted by Crippen LogP contribution is 2.25. The summed E-state index contributed by atoms with van der Waals surface area (Å²) in [5.74, 6) is 0.272. The summed E-state index contributed by atoms with van der Waals surface area (Å²) >= 11 is 0. The van der Waals surface area contributed by atoms with Gasteiger partial charge in [-0.15, -0.1) is 0 Å². The monoisotopic (exact) mass is 459 g/mol. The van der Waals surface area contributed by atoms with E-state index < -0.39 is 15.8 Å². The molecule has 1 N–H and O–H groups in total. The molecule has 0 radical (unpaired) electrons. The Morgan fingerprint density at radius 1 is 0.906 bits per heavy atom. The summed E-state index contributed by atoms with van der Waals surface area (Å²) in [6.07, 6.45) is 6.72. The van der Waals surface area contributed by atoms with Crippen molar-refractivity contribution in [2.75, 3.05) is 37.4 Å². The van der Waals surface area contributed by atoms with Gasteiger partial charge in [0.15, 0.2) is 0 Å². The SMILES string of the molecule is O=C(c1ccc(NS(=O)(=O)c2ccc(F)cc2)cc1)N1CCN(CC2CCCCC2)CC1. The van der Waals surface area contributed by atoms with Crippen LogP contribution in [0.2, 0.25) is 0 Å². The number of anilines is 1. The van der Waals surface area contributed by atoms with Crippen molar-refractivity contribution in [3.8, 4) is 0 Å². The molecule has 1 aliphatic heterocycles. The Kier molecular flexibility index (Phi) is 7.10. The smallest absolute Gasteiger partial charge is 0.261 e. The lowest BCUT2D eigenvalue weighted by atomic mass is 9.89. The molecule has 2 fully saturated rings. The third-order valence-corrected chi connectivity index (χ3v) is 7.81. The first-order chi connectivity index (χ1) is 15.4. The molecule has 1 heterocycles. The molecule has 0 aromatic heterocycles. The van der Waals surface area contributed by atoms with Crippen LogP contribution in [0.15, 0.2) is 53.4 Å². The number of piperazine rings is 1. The van der Waals surface area contributed by atoms with Crippen LogP contribution in [0.4, 0.5) is 10.1 Å². The van der Waals surface area contributed by atoms with Gasteiger partial charge in [-0.05, 0) is 67.3 Å². The van der Waals surface area contributed by atoms with Crippen molar-refractivity contribution < 1.29 is 17.6 Å². The number of carbonyl (C=O) groups excluding carboxylic acids is 1. The number of hydrogen-bond donors (Lipinski definition) is 1. The van der Waals surface area contributed by atoms with Crippen molar-refractivity contribution in [3.05, 3.63) is 59.9 Å². The molecule has 6 nitrogen and oxygen atoms in total. The summed E-state index contributed by atoms with van der Waals surface area (Å²) in [7, 11) is -3.82. The zero-order chi connectivity index (χ0) is 22.6. The Bertz CT molecular complexity index is 1010. The van der Waals surface area contributed by atoms with Gasteiger partial charge in [-0.3, -0.25) is 14.4 Å². The molecule has 4 rings (SSSR count). The van der Waals surface area contributed by atoms with Crippen molar-refractivity contribution in [1.29, 1.82) is 0 Å². The van der Waals surface area contributed by atoms with Crippen LogP contribution in [-0.4, -0.2) is 56.8 Å². The summed E-state index contributed by atoms with van der Waals surface area (Å²) in [4.78, 5) is 17.2. The van der Waals surface area contributed by atoms with Crippen molar-refractivity contribution >= 4 is 21.6 Å². The highest BCUT2D eigenvalue weighted by atomic mass is 32.2. The average molecular weight is 460 g/mol. The lowest BCUT2D eigenvalue weighted by Gasteiger charge is -2.37. The largest absolute Gasteiger partial charge is 0.336 e. The fourth-order valence-electron chi connectivity index (χ4n) is 4.56. The summed E-state index contributed by atoms with van der Waals surface area (Å²) in [6.45, 7) is 4.37. The molecule has 8 heteroatoms. The predicted molar refractivity (Wildman–Crippen MR) is 123 cm³/mol. The minimum Gasteiger partial charge on any atom is -0.336 e. The maximum atomic E-state index is 13.0. The Morgan fingerprint density at radius 3 is 2.16 bits per heavy atom. The average Bonchev–Trinajstić information content (AvgIpc) is 2.80. The van der Waals surface area contributed by atoms with Crippen molar-refractivity contribution in [1.82, 2.24) is 9.80 Å². The van der Waals surface area contributed by atoms with Crippen LogP contribution in [0.3, 0.4) is 0 Å². The molecule has 0 spiro atoms. The normalized spacial score (nSPS) is 18.5. The minimum absolute atomic E-state index is 0.0230. The fourth-order valence-corrected chi connectivity index (χ4v) is 5.62. The molecule has 2 aliphatic rings. The number of amides is 1. The highest BCUT2D eigenvalue weighted by Gasteiger charge is 2.24. The molecular formula is C24H30FN3O3S. The Morgan fingerprint density at radius 2 is 1.53 bits per heavy atom. The zero-order valence-corrected chi connectivity index (χ0v) is 19.0. The van der Waals surface area contributed by atoms with E-state index in [0.29, 0.717) is 24.3 Å². The molecule has 1 amide bonds. The van der Waals surface area contributed by atoms with Crippen LogP contribution in [0, 0.1) is 11.7 Å². The zero-order valence-electron chi connectivity index (χ0n) is 18.2. The van der Waals surface area contributed by atoms with Gasteiger partial charge < -0.3 is 4.90 Å². The molecule has 172 valence electrons. The third-order valence-electron chi connectivity index (χ3n) is 6.41. The van der Waals surface area contributed by atoms with Crippen molar-refractivity contribution in [2.24, 2.45) is 5.92 Å². The summed E-state index contributed by atoms with van der Waals surface area (Å²) < 4.78 is 40.4. The molecule has 1 saturated heterocycles. The van der Waals surface area contributed by atoms with E-state index in [2.05, 4.69) is 9.62 Å². The van der Waals surface area contributed by atoms with Crippen molar-refractivity contribution in [3.63, 3.8) is 0 Å². The van der Waals surface area contributed by atoms with E-state index in [1.165, 1.54) is 44.2 Å². The lowest BCUT2D eigenvalue weighted by Crippen LogP contribution is -2.49. The molecule has 32 heavy (non-hydrogen) atoms. The van der Waals surface area contributed by atoms with Gasteiger partial charge in [0.2, 0.25) is 0 Å². The molecule has 0 unspecified atom stereocenters. The number of hydrogen-bond acceptors (Lipinski definition) is 4. The molecule has 0 bridgehead atoms. The van der Waals surface area contributed by atoms with Crippen LogP contribution in [0.25, 0.3) is 0 Å². The maximum absolute atomic E-state index is 13.0. The van der Waals surface area contributed by atoms with Crippen LogP contribution in [0.1, 0.15) is 42.5 Å². The number of nitrogens with one attached hydrogen (secondary N) is 1. The van der Waals surface area contributed by atoms with Crippen LogP contribution in [0.5, 0.6) is 0 Å². The van der Waals surface area contributed by atoms with Gasteiger partial charge in [0, 0.05) is 44.0 Å². The first-order valence-corrected chi connectivity index (χ1v) is 12.8. The third kappa shape index (κ3) is 5.66. The number of sulfonamides is 1. The van der Waals surface area contributed by atoms with Gasteiger partial charge in [0.1, 0.15) is 5.82 Å². The van der Waals surface area contributed by atoms with Gasteiger partial charge in [0.05, 0.1) is 4.90 Å². The number of halogens is 1. The van der Waals surface area contributed by atoms with E-state index in [-0.39, 0.29) is 10.8 Å². The molecular weight excluding hydrogens is 429 g/mol. The van der Waals surface area contributed by atoms with E-state index in [9.17, 15) is 17.6 Å². The summed E-state index contributed by atoms with van der Waals surface area (Å²) in [5.41, 5.74) is 0.888. The van der Waals surface area contributed by atoms with Crippen LogP contribution in [-0.2, 0) is 10.0 Å². The van der Waals surface area contributed by atoms with E-state index in [4.69, 9.17) is 0 Å². The van der Waals surface area contributed by atoms with E-state index in [1.54, 1.807) is 24.3 Å². The standard InChI is InChI=1S/C24H30FN3O3S/c25-21-8-12-23(13-9-21)32(30,31)26-22-10-6-20(7-11-22)24(29)28-16-14-27(15-17-28)18-19-4-2-1-3-5-19/h6-13,19,26H,1-5,14-18H2. The number of nitrogens with zero attached hydrogens (tertiary/aromatic N) is 2. The first kappa shape index (κ1) is 22.7. The van der Waals surface area contributed by atoms with Gasteiger partial charge >= 0.3 is 0 Å². The summed E-state index contributed by atoms with van der Waals surface area (Å²) in [5, 5.41) is 0. The quantitative estimate of drug-likeness (QED) is 0.710. The Balaban J connectivity index is 1.31. The fraction of sp³-hybridized carbons (Fsp3) is 0.458. The molecule has 0 atom stereocenters. The van der Waals surface area contributed by atoms with Crippen LogP contribution < -0.4 is 4.72 Å². The molecule has 2 aromatic rings. The van der Waals surface area contributed by atoms with Gasteiger partial charge in [-0.25, -0.2) is 12.8 Å². The molecule has 2 aromatic carbocycles. The lowest BCUT2D eigenvalue weighted by molar-refractivity contribution is 0.0606. The number of benzene rings is 2. The highest BCUT2D eigenvalue weighted by molar-refractivity contribution is 7.92. The molecule has 1 aliphatic carbocycles. The summed E-state index contributed by atoms with van der Waals surface area (Å²) in [6, 6.07) is 11.1. The second-order valence-corrected chi connectivity index (χ2v) is 10.4. The minimum atomic E-state index is -3.82. The Hall–Kier alpha value is -2.45. The van der Waals surface area contributed by atoms with Crippen LogP contribution >= 0.6 is 0 Å². The van der Waals surface area contributed by atoms with E-state index in [0.717, 1.165) is 37.7 Å². The van der Waals surface area contributed by atoms with Gasteiger partial charge in [0.25, 0.3) is 15.9 Å². The van der Waals surface area contributed by atoms with Crippen molar-refractivity contribution in [2.45, 2.75) is 37.0 Å². The van der Waals surface area contributed by atoms with E-state index >= 15 is 0 Å². The van der Waals surface area contributed by atoms with Gasteiger partial charge in [-0.1, -0.05) is 19.3 Å². The maximum Gasteiger partial charge on any atom is 0.261 e. The Labute approximate surface area is 189 Å². The number of carbonyl (C=O) groups is 1. The first-order valence-electron chi connectivity index (χ1n) is 11.3. The topological polar surface area (TPSA) is 69.7 Å². The van der Waals surface area contributed by atoms with Gasteiger partial charge in [-0.2, -0.15) is 0 Å². The second-order valence-electron chi connectivity index (χ2n) is 8.73. The predicted octanol–water partition coefficient (Wildman–Crippen LogP) is 3.96. The second kappa shape index (κ2) is 10.0. The van der Waals surface area contributed by atoms with E-state index in [1.807, 2.05) is 4.90 Å². The number of rotatable bonds is 6.